The molecule has 1 saturated heterocycles. The highest BCUT2D eigenvalue weighted by atomic mass is 32.2. The normalized spacial score (nSPS) is 16.1. The molecule has 0 saturated carbocycles. The van der Waals surface area contributed by atoms with Crippen LogP contribution in [-0.4, -0.2) is 31.7 Å². The second-order valence-corrected chi connectivity index (χ2v) is 7.96. The van der Waals surface area contributed by atoms with Crippen molar-refractivity contribution in [2.24, 2.45) is 0 Å². The molecule has 6 nitrogen and oxygen atoms in total. The number of thioether (sulfide) groups is 1. The van der Waals surface area contributed by atoms with Gasteiger partial charge in [0, 0.05) is 31.2 Å². The number of hydrogen-bond acceptors (Lipinski definition) is 5. The second kappa shape index (κ2) is 8.05. The third kappa shape index (κ3) is 4.00. The highest BCUT2D eigenvalue weighted by molar-refractivity contribution is 8.00. The van der Waals surface area contributed by atoms with Crippen molar-refractivity contribution in [3.05, 3.63) is 78.3 Å². The average molecular weight is 407 g/mol. The van der Waals surface area contributed by atoms with Crippen LogP contribution in [0.5, 0.6) is 0 Å². The summed E-state index contributed by atoms with van der Waals surface area (Å²) in [6.07, 6.45) is 1.46. The van der Waals surface area contributed by atoms with Crippen molar-refractivity contribution in [1.82, 2.24) is 0 Å². The van der Waals surface area contributed by atoms with E-state index in [1.165, 1.54) is 6.26 Å². The predicted octanol–water partition coefficient (Wildman–Crippen LogP) is 4.38. The first-order chi connectivity index (χ1) is 14.0. The molecule has 1 fully saturated rings. The van der Waals surface area contributed by atoms with E-state index in [-0.39, 0.29) is 22.9 Å². The molecular formula is C22H21N3O3S. The van der Waals surface area contributed by atoms with Gasteiger partial charge in [0.2, 0.25) is 5.91 Å². The minimum absolute atomic E-state index is 0.0719. The maximum Gasteiger partial charge on any atom is 0.291 e. The number of nitrogens with zero attached hydrogens (tertiary/aromatic N) is 2. The summed E-state index contributed by atoms with van der Waals surface area (Å²) in [4.78, 5) is 28.7. The van der Waals surface area contributed by atoms with Crippen LogP contribution in [0.25, 0.3) is 0 Å². The molecule has 0 unspecified atom stereocenters. The minimum Gasteiger partial charge on any atom is -0.459 e. The van der Waals surface area contributed by atoms with Crippen LogP contribution in [0.1, 0.15) is 21.5 Å². The molecule has 29 heavy (non-hydrogen) atoms. The largest absolute Gasteiger partial charge is 0.459 e. The van der Waals surface area contributed by atoms with Crippen molar-refractivity contribution < 1.29 is 14.0 Å². The van der Waals surface area contributed by atoms with E-state index in [1.807, 2.05) is 72.4 Å². The van der Waals surface area contributed by atoms with Gasteiger partial charge in [-0.25, -0.2) is 0 Å². The SMILES string of the molecule is CN(C)c1ccc(N2C(=O)CS[C@@H]2c2cccc(NC(=O)c3ccco3)c2)cc1. The Bertz CT molecular complexity index is 1020. The molecule has 3 aromatic rings. The molecule has 1 aromatic heterocycles. The maximum atomic E-state index is 12.6. The number of furan rings is 1. The first kappa shape index (κ1) is 19.1. The number of benzene rings is 2. The zero-order chi connectivity index (χ0) is 20.4. The molecule has 2 aromatic carbocycles. The first-order valence-corrected chi connectivity index (χ1v) is 10.2. The zero-order valence-electron chi connectivity index (χ0n) is 16.2. The van der Waals surface area contributed by atoms with Crippen LogP contribution in [0.15, 0.2) is 71.3 Å². The Kier molecular flexibility index (Phi) is 5.31. The van der Waals surface area contributed by atoms with Crippen molar-refractivity contribution in [3.8, 4) is 0 Å². The lowest BCUT2D eigenvalue weighted by Crippen LogP contribution is -2.27. The molecule has 1 aliphatic heterocycles. The second-order valence-electron chi connectivity index (χ2n) is 6.89. The molecule has 0 aliphatic carbocycles. The predicted molar refractivity (Wildman–Crippen MR) is 117 cm³/mol. The molecule has 0 radical (unpaired) electrons. The van der Waals surface area contributed by atoms with E-state index >= 15 is 0 Å². The monoisotopic (exact) mass is 407 g/mol. The van der Waals surface area contributed by atoms with Crippen molar-refractivity contribution in [1.29, 1.82) is 0 Å². The van der Waals surface area contributed by atoms with Crippen molar-refractivity contribution in [2.75, 3.05) is 35.0 Å². The van der Waals surface area contributed by atoms with Gasteiger partial charge in [0.05, 0.1) is 12.0 Å². The Hall–Kier alpha value is -3.19. The van der Waals surface area contributed by atoms with Crippen molar-refractivity contribution >= 4 is 40.6 Å². The number of carbonyl (C=O) groups is 2. The lowest BCUT2D eigenvalue weighted by Gasteiger charge is -2.25. The van der Waals surface area contributed by atoms with Crippen molar-refractivity contribution in [3.63, 3.8) is 0 Å². The molecule has 1 N–H and O–H groups in total. The van der Waals surface area contributed by atoms with Gasteiger partial charge in [0.25, 0.3) is 5.91 Å². The van der Waals surface area contributed by atoms with E-state index in [9.17, 15) is 9.59 Å². The van der Waals surface area contributed by atoms with Crippen LogP contribution in [0.4, 0.5) is 17.1 Å². The molecule has 2 heterocycles. The lowest BCUT2D eigenvalue weighted by molar-refractivity contribution is -0.115. The van der Waals surface area contributed by atoms with Crippen LogP contribution in [-0.2, 0) is 4.79 Å². The Morgan fingerprint density at radius 2 is 1.93 bits per heavy atom. The van der Waals surface area contributed by atoms with E-state index in [1.54, 1.807) is 23.9 Å². The number of hydrogen-bond donors (Lipinski definition) is 1. The fourth-order valence-electron chi connectivity index (χ4n) is 3.23. The Labute approximate surface area is 173 Å². The van der Waals surface area contributed by atoms with Crippen LogP contribution >= 0.6 is 11.8 Å². The summed E-state index contributed by atoms with van der Waals surface area (Å²) in [5.74, 6) is 0.438. The number of anilines is 3. The summed E-state index contributed by atoms with van der Waals surface area (Å²) in [6.45, 7) is 0. The van der Waals surface area contributed by atoms with Gasteiger partial charge in [-0.2, -0.15) is 0 Å². The van der Waals surface area contributed by atoms with Crippen LogP contribution in [0.3, 0.4) is 0 Å². The van der Waals surface area contributed by atoms with Crippen molar-refractivity contribution in [2.45, 2.75) is 5.37 Å². The standard InChI is InChI=1S/C22H21N3O3S/c1-24(2)17-8-10-18(11-9-17)25-20(26)14-29-22(25)15-5-3-6-16(13-15)23-21(27)19-7-4-12-28-19/h3-13,22H,14H2,1-2H3,(H,23,27)/t22-/m1/s1. The summed E-state index contributed by atoms with van der Waals surface area (Å²) < 4.78 is 5.14. The molecule has 1 aliphatic rings. The van der Waals surface area contributed by atoms with Gasteiger partial charge in [0.15, 0.2) is 5.76 Å². The molecule has 4 rings (SSSR count). The summed E-state index contributed by atoms with van der Waals surface area (Å²) >= 11 is 1.58. The van der Waals surface area contributed by atoms with E-state index < -0.39 is 0 Å². The highest BCUT2D eigenvalue weighted by Gasteiger charge is 2.34. The van der Waals surface area contributed by atoms with Gasteiger partial charge in [-0.3, -0.25) is 14.5 Å². The summed E-state index contributed by atoms with van der Waals surface area (Å²) in [7, 11) is 3.97. The van der Waals surface area contributed by atoms with Gasteiger partial charge in [0.1, 0.15) is 5.37 Å². The number of amides is 2. The number of rotatable bonds is 5. The van der Waals surface area contributed by atoms with Crippen LogP contribution < -0.4 is 15.1 Å². The minimum atomic E-state index is -0.307. The van der Waals surface area contributed by atoms with Gasteiger partial charge >= 0.3 is 0 Å². The Balaban J connectivity index is 1.58. The van der Waals surface area contributed by atoms with Gasteiger partial charge in [-0.1, -0.05) is 12.1 Å². The van der Waals surface area contributed by atoms with Gasteiger partial charge in [-0.05, 0) is 54.1 Å². The molecule has 0 bridgehead atoms. The number of carbonyl (C=O) groups excluding carboxylic acids is 2. The Morgan fingerprint density at radius 1 is 1.14 bits per heavy atom. The lowest BCUT2D eigenvalue weighted by atomic mass is 10.1. The molecule has 7 heteroatoms. The third-order valence-electron chi connectivity index (χ3n) is 4.69. The summed E-state index contributed by atoms with van der Waals surface area (Å²) in [5.41, 5.74) is 3.55. The van der Waals surface area contributed by atoms with E-state index in [4.69, 9.17) is 4.42 Å². The Morgan fingerprint density at radius 3 is 2.62 bits per heavy atom. The first-order valence-electron chi connectivity index (χ1n) is 9.19. The number of nitrogens with one attached hydrogen (secondary N) is 1. The van der Waals surface area contributed by atoms with Gasteiger partial charge in [-0.15, -0.1) is 11.8 Å². The summed E-state index contributed by atoms with van der Waals surface area (Å²) in [6, 6.07) is 18.8. The maximum absolute atomic E-state index is 12.6. The quantitative estimate of drug-likeness (QED) is 0.680. The molecule has 148 valence electrons. The fraction of sp³-hybridized carbons (Fsp3) is 0.182. The molecule has 0 spiro atoms. The molecule has 2 amide bonds. The average Bonchev–Trinajstić information content (AvgIpc) is 3.38. The zero-order valence-corrected chi connectivity index (χ0v) is 17.0. The van der Waals surface area contributed by atoms with E-state index in [2.05, 4.69) is 5.32 Å². The van der Waals surface area contributed by atoms with Crippen LogP contribution in [0, 0.1) is 0 Å². The molecular weight excluding hydrogens is 386 g/mol. The van der Waals surface area contributed by atoms with Gasteiger partial charge < -0.3 is 14.6 Å². The molecule has 1 atom stereocenters. The fourth-order valence-corrected chi connectivity index (χ4v) is 4.40. The van der Waals surface area contributed by atoms with Crippen LogP contribution in [0.2, 0.25) is 0 Å². The summed E-state index contributed by atoms with van der Waals surface area (Å²) in [5, 5.41) is 2.70. The van der Waals surface area contributed by atoms with E-state index in [0.29, 0.717) is 11.4 Å². The topological polar surface area (TPSA) is 65.8 Å². The third-order valence-corrected chi connectivity index (χ3v) is 5.90. The highest BCUT2D eigenvalue weighted by Crippen LogP contribution is 2.42. The van der Waals surface area contributed by atoms with E-state index in [0.717, 1.165) is 16.9 Å². The smallest absolute Gasteiger partial charge is 0.291 e.